The van der Waals surface area contributed by atoms with E-state index in [9.17, 15) is 9.90 Å². The average molecular weight is 420 g/mol. The summed E-state index contributed by atoms with van der Waals surface area (Å²) in [6.07, 6.45) is 2.83. The summed E-state index contributed by atoms with van der Waals surface area (Å²) in [6.45, 7) is 2.20. The number of carbonyl (C=O) groups is 1. The number of aromatic nitrogens is 1. The van der Waals surface area contributed by atoms with Crippen molar-refractivity contribution in [2.45, 2.75) is 31.5 Å². The number of aromatic carboxylic acids is 1. The van der Waals surface area contributed by atoms with Crippen LogP contribution in [0.5, 0.6) is 0 Å². The van der Waals surface area contributed by atoms with Crippen LogP contribution in [0.2, 0.25) is 0 Å². The molecule has 0 amide bonds. The summed E-state index contributed by atoms with van der Waals surface area (Å²) in [4.78, 5) is 23.3. The number of nitrogens with zero attached hydrogens (tertiary/aromatic N) is 3. The number of carboxylic acid groups (broad SMARTS) is 1. The molecule has 4 heterocycles. The third kappa shape index (κ3) is 3.19. The fraction of sp³-hybridized carbons (Fsp3) is 0.261. The second-order valence-corrected chi connectivity index (χ2v) is 8.41. The Labute approximate surface area is 178 Å². The first-order valence-corrected chi connectivity index (χ1v) is 11.0. The van der Waals surface area contributed by atoms with Gasteiger partial charge in [0.05, 0.1) is 11.3 Å². The Bertz CT molecular complexity index is 1110. The number of rotatable bonds is 5. The van der Waals surface area contributed by atoms with Crippen molar-refractivity contribution < 1.29 is 14.3 Å². The van der Waals surface area contributed by atoms with Gasteiger partial charge in [0.2, 0.25) is 0 Å². The number of benzene rings is 1. The van der Waals surface area contributed by atoms with Gasteiger partial charge in [-0.2, -0.15) is 0 Å². The van der Waals surface area contributed by atoms with E-state index in [-0.39, 0.29) is 17.6 Å². The van der Waals surface area contributed by atoms with E-state index in [1.54, 1.807) is 36.2 Å². The Morgan fingerprint density at radius 3 is 2.90 bits per heavy atom. The minimum absolute atomic E-state index is 0.0637. The molecule has 0 spiro atoms. The van der Waals surface area contributed by atoms with E-state index >= 15 is 0 Å². The van der Waals surface area contributed by atoms with Gasteiger partial charge < -0.3 is 14.4 Å². The number of carboxylic acids is 1. The second-order valence-electron chi connectivity index (χ2n) is 7.42. The smallest absolute Gasteiger partial charge is 0.335 e. The Kier molecular flexibility index (Phi) is 4.83. The van der Waals surface area contributed by atoms with Gasteiger partial charge in [-0.1, -0.05) is 36.9 Å². The molecule has 0 unspecified atom stereocenters. The van der Waals surface area contributed by atoms with E-state index in [1.807, 2.05) is 36.4 Å². The molecule has 6 nitrogen and oxygen atoms in total. The monoisotopic (exact) mass is 419 g/mol. The van der Waals surface area contributed by atoms with Crippen LogP contribution in [-0.2, 0) is 0 Å². The molecule has 3 atom stereocenters. The van der Waals surface area contributed by atoms with Gasteiger partial charge in [0.25, 0.3) is 0 Å². The molecule has 3 aromatic rings. The van der Waals surface area contributed by atoms with E-state index in [0.29, 0.717) is 11.8 Å². The molecular weight excluding hydrogens is 398 g/mol. The highest BCUT2D eigenvalue weighted by atomic mass is 32.2. The number of hydrogen-bond acceptors (Lipinski definition) is 6. The standard InChI is InChI=1S/C23H21N3O3S/c1-2-16-13-30-23-25-20(17-8-3-4-11-24-17)21(26(16)23)19-10-9-18(29-19)14-6-5-7-15(12-14)22(27)28/h3-12,16,20-21H,2,13H2,1H3,(H,27,28)/t16-,20-,21+/m1/s1. The zero-order valence-electron chi connectivity index (χ0n) is 16.4. The van der Waals surface area contributed by atoms with Crippen LogP contribution < -0.4 is 0 Å². The van der Waals surface area contributed by atoms with Crippen molar-refractivity contribution in [3.8, 4) is 11.3 Å². The molecule has 1 saturated heterocycles. The van der Waals surface area contributed by atoms with Crippen molar-refractivity contribution in [2.24, 2.45) is 4.99 Å². The van der Waals surface area contributed by atoms with Crippen LogP contribution in [0.15, 0.2) is 70.2 Å². The number of aliphatic imine (C=N–C) groups is 1. The number of furan rings is 1. The molecule has 30 heavy (non-hydrogen) atoms. The molecule has 0 saturated carbocycles. The fourth-order valence-electron chi connectivity index (χ4n) is 4.13. The molecule has 0 bridgehead atoms. The first kappa shape index (κ1) is 18.9. The number of fused-ring (bicyclic) bond motifs is 1. The molecular formula is C23H21N3O3S. The summed E-state index contributed by atoms with van der Waals surface area (Å²) in [5, 5.41) is 10.3. The molecule has 1 aromatic carbocycles. The van der Waals surface area contributed by atoms with Crippen LogP contribution in [-0.4, -0.2) is 37.9 Å². The molecule has 0 radical (unpaired) electrons. The third-order valence-corrected chi connectivity index (χ3v) is 6.77. The summed E-state index contributed by atoms with van der Waals surface area (Å²) < 4.78 is 6.30. The predicted molar refractivity (Wildman–Crippen MR) is 117 cm³/mol. The maximum absolute atomic E-state index is 11.3. The quantitative estimate of drug-likeness (QED) is 0.626. The van der Waals surface area contributed by atoms with Gasteiger partial charge in [-0.25, -0.2) is 9.79 Å². The van der Waals surface area contributed by atoms with Gasteiger partial charge in [0.1, 0.15) is 23.6 Å². The van der Waals surface area contributed by atoms with Crippen molar-refractivity contribution in [3.63, 3.8) is 0 Å². The number of amidine groups is 1. The lowest BCUT2D eigenvalue weighted by molar-refractivity contribution is 0.0697. The molecule has 7 heteroatoms. The van der Waals surface area contributed by atoms with E-state index < -0.39 is 5.97 Å². The average Bonchev–Trinajstić information content (AvgIpc) is 3.49. The van der Waals surface area contributed by atoms with E-state index in [1.165, 1.54) is 0 Å². The Morgan fingerprint density at radius 2 is 2.13 bits per heavy atom. The Balaban J connectivity index is 1.54. The largest absolute Gasteiger partial charge is 0.478 e. The highest BCUT2D eigenvalue weighted by Crippen LogP contribution is 2.49. The Morgan fingerprint density at radius 1 is 1.23 bits per heavy atom. The lowest BCUT2D eigenvalue weighted by Gasteiger charge is -2.30. The van der Waals surface area contributed by atoms with Crippen LogP contribution in [0.1, 0.15) is 47.2 Å². The van der Waals surface area contributed by atoms with Gasteiger partial charge in [0, 0.05) is 23.6 Å². The summed E-state index contributed by atoms with van der Waals surface area (Å²) in [5.41, 5.74) is 1.91. The van der Waals surface area contributed by atoms with Crippen LogP contribution in [0.3, 0.4) is 0 Å². The number of hydrogen-bond donors (Lipinski definition) is 1. The van der Waals surface area contributed by atoms with E-state index in [2.05, 4.69) is 16.8 Å². The van der Waals surface area contributed by atoms with Crippen LogP contribution in [0.4, 0.5) is 0 Å². The van der Waals surface area contributed by atoms with Crippen LogP contribution >= 0.6 is 11.8 Å². The molecule has 2 aromatic heterocycles. The number of thioether (sulfide) groups is 1. The van der Waals surface area contributed by atoms with Gasteiger partial charge in [0.15, 0.2) is 5.17 Å². The molecule has 152 valence electrons. The molecule has 5 rings (SSSR count). The van der Waals surface area contributed by atoms with Crippen LogP contribution in [0, 0.1) is 0 Å². The van der Waals surface area contributed by atoms with Crippen molar-refractivity contribution in [1.82, 2.24) is 9.88 Å². The lowest BCUT2D eigenvalue weighted by atomic mass is 10.0. The first-order valence-electron chi connectivity index (χ1n) is 9.99. The van der Waals surface area contributed by atoms with E-state index in [0.717, 1.165) is 34.4 Å². The molecule has 1 fully saturated rings. The first-order chi connectivity index (χ1) is 14.7. The molecule has 2 aliphatic heterocycles. The van der Waals surface area contributed by atoms with Crippen molar-refractivity contribution in [1.29, 1.82) is 0 Å². The molecule has 2 aliphatic rings. The van der Waals surface area contributed by atoms with Crippen LogP contribution in [0.25, 0.3) is 11.3 Å². The second kappa shape index (κ2) is 7.65. The fourth-order valence-corrected chi connectivity index (χ4v) is 5.47. The zero-order chi connectivity index (χ0) is 20.7. The van der Waals surface area contributed by atoms with Crippen molar-refractivity contribution >= 4 is 22.9 Å². The minimum atomic E-state index is -0.951. The normalized spacial score (nSPS) is 22.8. The topological polar surface area (TPSA) is 78.9 Å². The summed E-state index contributed by atoms with van der Waals surface area (Å²) >= 11 is 1.79. The SMILES string of the molecule is CC[C@@H]1CSC2=N[C@H](c3ccccn3)[C@H](c3ccc(-c4cccc(C(=O)O)c4)o3)N21. The number of pyridine rings is 1. The maximum atomic E-state index is 11.3. The minimum Gasteiger partial charge on any atom is -0.478 e. The highest BCUT2D eigenvalue weighted by Gasteiger charge is 2.46. The summed E-state index contributed by atoms with van der Waals surface area (Å²) in [6, 6.07) is 16.8. The highest BCUT2D eigenvalue weighted by molar-refractivity contribution is 8.14. The van der Waals surface area contributed by atoms with Gasteiger partial charge in [-0.05, 0) is 42.8 Å². The van der Waals surface area contributed by atoms with E-state index in [4.69, 9.17) is 9.41 Å². The lowest BCUT2D eigenvalue weighted by Crippen LogP contribution is -2.35. The Hall–Kier alpha value is -3.06. The third-order valence-electron chi connectivity index (χ3n) is 5.64. The van der Waals surface area contributed by atoms with Gasteiger partial charge in [-0.3, -0.25) is 4.98 Å². The van der Waals surface area contributed by atoms with Gasteiger partial charge in [-0.15, -0.1) is 0 Å². The molecule has 1 N–H and O–H groups in total. The maximum Gasteiger partial charge on any atom is 0.335 e. The summed E-state index contributed by atoms with van der Waals surface area (Å²) in [5.74, 6) is 1.55. The summed E-state index contributed by atoms with van der Waals surface area (Å²) in [7, 11) is 0. The molecule has 0 aliphatic carbocycles. The van der Waals surface area contributed by atoms with Gasteiger partial charge >= 0.3 is 5.97 Å². The van der Waals surface area contributed by atoms with Crippen molar-refractivity contribution in [2.75, 3.05) is 5.75 Å². The predicted octanol–water partition coefficient (Wildman–Crippen LogP) is 5.02. The van der Waals surface area contributed by atoms with Crippen molar-refractivity contribution in [3.05, 3.63) is 77.8 Å². The zero-order valence-corrected chi connectivity index (χ0v) is 17.2.